The Balaban J connectivity index is 2.29. The quantitative estimate of drug-likeness (QED) is 0.821. The summed E-state index contributed by atoms with van der Waals surface area (Å²) in [4.78, 5) is 10.7. The number of aromatic nitrogens is 2. The second-order valence-electron chi connectivity index (χ2n) is 3.83. The number of carbonyl (C=O) groups is 1. The van der Waals surface area contributed by atoms with Crippen LogP contribution in [0.3, 0.4) is 0 Å². The zero-order valence-corrected chi connectivity index (χ0v) is 8.79. The molecule has 1 heterocycles. The van der Waals surface area contributed by atoms with Crippen molar-refractivity contribution >= 4 is 16.9 Å². The number of aromatic hydroxyl groups is 1. The van der Waals surface area contributed by atoms with Crippen LogP contribution in [0.4, 0.5) is 0 Å². The van der Waals surface area contributed by atoms with Crippen LogP contribution in [-0.4, -0.2) is 26.0 Å². The van der Waals surface area contributed by atoms with Crippen molar-refractivity contribution in [1.82, 2.24) is 9.78 Å². The molecule has 1 aromatic heterocycles. The van der Waals surface area contributed by atoms with Gasteiger partial charge in [-0.3, -0.25) is 9.48 Å². The predicted molar refractivity (Wildman–Crippen MR) is 58.2 cm³/mol. The van der Waals surface area contributed by atoms with Gasteiger partial charge in [0.2, 0.25) is 0 Å². The molecule has 2 N–H and O–H groups in total. The normalized spacial score (nSPS) is 12.8. The Hall–Kier alpha value is -2.04. The zero-order chi connectivity index (χ0) is 11.7. The molecule has 2 rings (SSSR count). The molecule has 0 bridgehead atoms. The third-order valence-electron chi connectivity index (χ3n) is 2.42. The number of carboxylic acid groups (broad SMARTS) is 1. The first-order valence-corrected chi connectivity index (χ1v) is 4.95. The summed E-state index contributed by atoms with van der Waals surface area (Å²) in [6, 6.07) is 4.86. The van der Waals surface area contributed by atoms with Crippen LogP contribution in [0.25, 0.3) is 10.9 Å². The third kappa shape index (κ3) is 1.98. The number of benzene rings is 1. The largest absolute Gasteiger partial charge is 0.508 e. The highest BCUT2D eigenvalue weighted by Crippen LogP contribution is 2.18. The van der Waals surface area contributed by atoms with Crippen LogP contribution < -0.4 is 0 Å². The van der Waals surface area contributed by atoms with E-state index in [-0.39, 0.29) is 5.75 Å². The molecule has 0 amide bonds. The lowest BCUT2D eigenvalue weighted by Crippen LogP contribution is -2.16. The first kappa shape index (κ1) is 10.5. The number of phenolic OH excluding ortho intramolecular Hbond substituents is 1. The van der Waals surface area contributed by atoms with Gasteiger partial charge in [0.1, 0.15) is 5.75 Å². The van der Waals surface area contributed by atoms with Gasteiger partial charge in [-0.2, -0.15) is 5.10 Å². The molecule has 1 atom stereocenters. The van der Waals surface area contributed by atoms with Crippen molar-refractivity contribution in [3.05, 3.63) is 24.4 Å². The molecule has 5 nitrogen and oxygen atoms in total. The molecule has 5 heteroatoms. The first-order chi connectivity index (χ1) is 7.56. The maximum Gasteiger partial charge on any atom is 0.308 e. The number of hydrogen-bond donors (Lipinski definition) is 2. The summed E-state index contributed by atoms with van der Waals surface area (Å²) in [5.74, 6) is -1.15. The summed E-state index contributed by atoms with van der Waals surface area (Å²) in [7, 11) is 0. The number of aliphatic carboxylic acids is 1. The van der Waals surface area contributed by atoms with E-state index in [1.165, 1.54) is 0 Å². The van der Waals surface area contributed by atoms with Gasteiger partial charge in [0.25, 0.3) is 0 Å². The Morgan fingerprint density at radius 2 is 2.31 bits per heavy atom. The molecule has 0 saturated heterocycles. The van der Waals surface area contributed by atoms with Crippen molar-refractivity contribution in [2.24, 2.45) is 5.92 Å². The highest BCUT2D eigenvalue weighted by molar-refractivity contribution is 5.79. The van der Waals surface area contributed by atoms with Gasteiger partial charge in [-0.25, -0.2) is 0 Å². The Labute approximate surface area is 91.9 Å². The van der Waals surface area contributed by atoms with Crippen molar-refractivity contribution in [2.75, 3.05) is 0 Å². The molecular formula is C11H12N2O3. The Bertz CT molecular complexity index is 533. The number of phenols is 1. The molecule has 0 aliphatic rings. The summed E-state index contributed by atoms with van der Waals surface area (Å²) < 4.78 is 1.59. The van der Waals surface area contributed by atoms with E-state index in [2.05, 4.69) is 5.10 Å². The van der Waals surface area contributed by atoms with E-state index < -0.39 is 11.9 Å². The van der Waals surface area contributed by atoms with Crippen molar-refractivity contribution in [1.29, 1.82) is 0 Å². The molecule has 0 radical (unpaired) electrons. The monoisotopic (exact) mass is 220 g/mol. The van der Waals surface area contributed by atoms with E-state index in [4.69, 9.17) is 5.11 Å². The second-order valence-corrected chi connectivity index (χ2v) is 3.83. The Morgan fingerprint density at radius 1 is 1.56 bits per heavy atom. The van der Waals surface area contributed by atoms with Crippen molar-refractivity contribution in [3.63, 3.8) is 0 Å². The third-order valence-corrected chi connectivity index (χ3v) is 2.42. The Morgan fingerprint density at radius 3 is 3.00 bits per heavy atom. The summed E-state index contributed by atoms with van der Waals surface area (Å²) in [5.41, 5.74) is 0.746. The molecule has 16 heavy (non-hydrogen) atoms. The lowest BCUT2D eigenvalue weighted by Gasteiger charge is -2.04. The van der Waals surface area contributed by atoms with Crippen LogP contribution in [0.15, 0.2) is 24.4 Å². The van der Waals surface area contributed by atoms with Crippen LogP contribution in [0, 0.1) is 5.92 Å². The van der Waals surface area contributed by atoms with E-state index in [1.807, 2.05) is 0 Å². The fourth-order valence-electron chi connectivity index (χ4n) is 1.52. The van der Waals surface area contributed by atoms with Gasteiger partial charge < -0.3 is 10.2 Å². The van der Waals surface area contributed by atoms with E-state index in [0.717, 1.165) is 10.9 Å². The van der Waals surface area contributed by atoms with E-state index in [0.29, 0.717) is 6.54 Å². The van der Waals surface area contributed by atoms with Crippen LogP contribution >= 0.6 is 0 Å². The average molecular weight is 220 g/mol. The lowest BCUT2D eigenvalue weighted by atomic mass is 10.2. The second kappa shape index (κ2) is 3.84. The van der Waals surface area contributed by atoms with Gasteiger partial charge in [-0.05, 0) is 18.2 Å². The molecule has 84 valence electrons. The number of hydrogen-bond acceptors (Lipinski definition) is 3. The molecule has 0 spiro atoms. The Kier molecular flexibility index (Phi) is 2.52. The van der Waals surface area contributed by atoms with Gasteiger partial charge in [0, 0.05) is 11.6 Å². The predicted octanol–water partition coefficient (Wildman–Crippen LogP) is 1.46. The van der Waals surface area contributed by atoms with Crippen LogP contribution in [0.5, 0.6) is 5.75 Å². The fraction of sp³-hybridized carbons (Fsp3) is 0.273. The summed E-state index contributed by atoms with van der Waals surface area (Å²) >= 11 is 0. The van der Waals surface area contributed by atoms with Crippen LogP contribution in [-0.2, 0) is 11.3 Å². The minimum absolute atomic E-state index is 0.179. The number of rotatable bonds is 3. The van der Waals surface area contributed by atoms with Gasteiger partial charge in [-0.15, -0.1) is 0 Å². The van der Waals surface area contributed by atoms with E-state index in [9.17, 15) is 9.90 Å². The number of fused-ring (bicyclic) bond motifs is 1. The van der Waals surface area contributed by atoms with Crippen LogP contribution in [0.1, 0.15) is 6.92 Å². The standard InChI is InChI=1S/C11H12N2O3/c1-7(11(15)16)5-13-6-8-4-9(14)2-3-10(8)12-13/h2-4,6-7,14H,5H2,1H3,(H,15,16). The molecule has 0 aliphatic heterocycles. The van der Waals surface area contributed by atoms with Crippen LogP contribution in [0.2, 0.25) is 0 Å². The molecule has 0 aliphatic carbocycles. The minimum Gasteiger partial charge on any atom is -0.508 e. The lowest BCUT2D eigenvalue weighted by molar-refractivity contribution is -0.141. The highest BCUT2D eigenvalue weighted by atomic mass is 16.4. The van der Waals surface area contributed by atoms with Crippen molar-refractivity contribution in [2.45, 2.75) is 13.5 Å². The average Bonchev–Trinajstić information content (AvgIpc) is 2.58. The minimum atomic E-state index is -0.845. The topological polar surface area (TPSA) is 75.3 Å². The maximum atomic E-state index is 10.7. The molecule has 1 unspecified atom stereocenters. The zero-order valence-electron chi connectivity index (χ0n) is 8.79. The highest BCUT2D eigenvalue weighted by Gasteiger charge is 2.12. The summed E-state index contributed by atoms with van der Waals surface area (Å²) in [5, 5.41) is 23.1. The fourth-order valence-corrected chi connectivity index (χ4v) is 1.52. The molecule has 1 aromatic carbocycles. The smallest absolute Gasteiger partial charge is 0.308 e. The molecule has 2 aromatic rings. The molecule has 0 fully saturated rings. The summed E-state index contributed by atoms with van der Waals surface area (Å²) in [6.45, 7) is 1.96. The summed E-state index contributed by atoms with van der Waals surface area (Å²) in [6.07, 6.45) is 1.73. The van der Waals surface area contributed by atoms with Crippen molar-refractivity contribution in [3.8, 4) is 5.75 Å². The molecular weight excluding hydrogens is 208 g/mol. The van der Waals surface area contributed by atoms with E-state index in [1.54, 1.807) is 36.0 Å². The SMILES string of the molecule is CC(Cn1cc2cc(O)ccc2n1)C(=O)O. The van der Waals surface area contributed by atoms with Gasteiger partial charge in [0.05, 0.1) is 18.0 Å². The van der Waals surface area contributed by atoms with Gasteiger partial charge >= 0.3 is 5.97 Å². The van der Waals surface area contributed by atoms with E-state index >= 15 is 0 Å². The molecule has 0 saturated carbocycles. The number of carboxylic acids is 1. The first-order valence-electron chi connectivity index (χ1n) is 4.95. The van der Waals surface area contributed by atoms with Gasteiger partial charge in [-0.1, -0.05) is 6.92 Å². The maximum absolute atomic E-state index is 10.7. The van der Waals surface area contributed by atoms with Gasteiger partial charge in [0.15, 0.2) is 0 Å². The van der Waals surface area contributed by atoms with Crippen molar-refractivity contribution < 1.29 is 15.0 Å². The number of nitrogens with zero attached hydrogens (tertiary/aromatic N) is 2.